The van der Waals surface area contributed by atoms with Crippen molar-refractivity contribution in [1.82, 2.24) is 0 Å². The molecular weight excluding hydrogens is 136 g/mol. The van der Waals surface area contributed by atoms with Gasteiger partial charge in [0.25, 0.3) is 0 Å². The standard InChI is InChI=1S/C9H20Si/c1-6-9(2)7-8-10(3,4)5/h6,9H,1,7-8H2,2-5H3. The molecule has 0 nitrogen and oxygen atoms in total. The van der Waals surface area contributed by atoms with Crippen LogP contribution in [0, 0.1) is 5.92 Å². The Morgan fingerprint density at radius 1 is 1.40 bits per heavy atom. The van der Waals surface area contributed by atoms with E-state index in [9.17, 15) is 0 Å². The molecule has 0 saturated carbocycles. The summed E-state index contributed by atoms with van der Waals surface area (Å²) in [5.41, 5.74) is 0. The molecule has 0 rings (SSSR count). The summed E-state index contributed by atoms with van der Waals surface area (Å²) in [5.74, 6) is 0.715. The van der Waals surface area contributed by atoms with Crippen molar-refractivity contribution in [3.8, 4) is 0 Å². The average molecular weight is 156 g/mol. The number of allylic oxidation sites excluding steroid dienone is 1. The lowest BCUT2D eigenvalue weighted by molar-refractivity contribution is 0.692. The van der Waals surface area contributed by atoms with E-state index in [4.69, 9.17) is 0 Å². The van der Waals surface area contributed by atoms with Crippen LogP contribution in [0.3, 0.4) is 0 Å². The maximum Gasteiger partial charge on any atom is 0.0442 e. The van der Waals surface area contributed by atoms with E-state index in [-0.39, 0.29) is 0 Å². The van der Waals surface area contributed by atoms with Crippen LogP contribution in [0.25, 0.3) is 0 Å². The van der Waals surface area contributed by atoms with Gasteiger partial charge in [-0.3, -0.25) is 0 Å². The summed E-state index contributed by atoms with van der Waals surface area (Å²) in [5, 5.41) is 0. The smallest absolute Gasteiger partial charge is 0.0442 e. The molecule has 0 saturated heterocycles. The van der Waals surface area contributed by atoms with Gasteiger partial charge in [0.2, 0.25) is 0 Å². The predicted octanol–water partition coefficient (Wildman–Crippen LogP) is 3.54. The van der Waals surface area contributed by atoms with Crippen LogP contribution in [0.2, 0.25) is 25.7 Å². The minimum atomic E-state index is -0.784. The SMILES string of the molecule is C=CC(C)CC[Si](C)(C)C. The van der Waals surface area contributed by atoms with Crippen molar-refractivity contribution in [1.29, 1.82) is 0 Å². The van der Waals surface area contributed by atoms with Gasteiger partial charge >= 0.3 is 0 Å². The third-order valence-electron chi connectivity index (χ3n) is 1.75. The molecule has 0 spiro atoms. The topological polar surface area (TPSA) is 0 Å². The Balaban J connectivity index is 3.45. The molecule has 1 atom stereocenters. The molecule has 0 N–H and O–H groups in total. The highest BCUT2D eigenvalue weighted by Crippen LogP contribution is 2.16. The van der Waals surface area contributed by atoms with Crippen LogP contribution < -0.4 is 0 Å². The van der Waals surface area contributed by atoms with Gasteiger partial charge in [-0.15, -0.1) is 6.58 Å². The Labute approximate surface area is 66.4 Å². The van der Waals surface area contributed by atoms with Crippen molar-refractivity contribution in [3.05, 3.63) is 12.7 Å². The molecule has 1 unspecified atom stereocenters. The maximum atomic E-state index is 3.78. The van der Waals surface area contributed by atoms with Crippen molar-refractivity contribution in [2.24, 2.45) is 5.92 Å². The Kier molecular flexibility index (Phi) is 3.95. The van der Waals surface area contributed by atoms with Crippen molar-refractivity contribution < 1.29 is 0 Å². The zero-order valence-corrected chi connectivity index (χ0v) is 8.78. The van der Waals surface area contributed by atoms with Crippen LogP contribution in [0.4, 0.5) is 0 Å². The fourth-order valence-corrected chi connectivity index (χ4v) is 2.10. The van der Waals surface area contributed by atoms with Gasteiger partial charge in [-0.25, -0.2) is 0 Å². The highest BCUT2D eigenvalue weighted by molar-refractivity contribution is 6.76. The summed E-state index contributed by atoms with van der Waals surface area (Å²) in [6.45, 7) is 13.3. The molecular formula is C9H20Si. The highest BCUT2D eigenvalue weighted by atomic mass is 28.3. The first kappa shape index (κ1) is 9.96. The first-order valence-electron chi connectivity index (χ1n) is 4.08. The van der Waals surface area contributed by atoms with E-state index in [1.807, 2.05) is 0 Å². The van der Waals surface area contributed by atoms with Crippen molar-refractivity contribution in [2.45, 2.75) is 39.0 Å². The molecule has 0 radical (unpaired) electrons. The normalized spacial score (nSPS) is 14.8. The van der Waals surface area contributed by atoms with Crippen LogP contribution in [0.5, 0.6) is 0 Å². The zero-order valence-electron chi connectivity index (χ0n) is 7.78. The Morgan fingerprint density at radius 2 is 1.90 bits per heavy atom. The van der Waals surface area contributed by atoms with Gasteiger partial charge in [0.1, 0.15) is 0 Å². The Hall–Kier alpha value is -0.0431. The highest BCUT2D eigenvalue weighted by Gasteiger charge is 2.12. The summed E-state index contributed by atoms with van der Waals surface area (Å²) in [7, 11) is -0.784. The van der Waals surface area contributed by atoms with E-state index in [1.54, 1.807) is 0 Å². The van der Waals surface area contributed by atoms with E-state index < -0.39 is 8.07 Å². The largest absolute Gasteiger partial charge is 0.103 e. The first-order valence-corrected chi connectivity index (χ1v) is 7.79. The van der Waals surface area contributed by atoms with Gasteiger partial charge in [-0.2, -0.15) is 0 Å². The summed E-state index contributed by atoms with van der Waals surface area (Å²) in [4.78, 5) is 0. The second kappa shape index (κ2) is 3.97. The zero-order chi connectivity index (χ0) is 8.20. The third kappa shape index (κ3) is 6.08. The van der Waals surface area contributed by atoms with E-state index in [1.165, 1.54) is 12.5 Å². The monoisotopic (exact) mass is 156 g/mol. The van der Waals surface area contributed by atoms with Crippen molar-refractivity contribution >= 4 is 8.07 Å². The number of rotatable bonds is 4. The number of hydrogen-bond acceptors (Lipinski definition) is 0. The molecule has 0 aliphatic rings. The Morgan fingerprint density at radius 3 is 2.20 bits per heavy atom. The van der Waals surface area contributed by atoms with Crippen molar-refractivity contribution in [2.75, 3.05) is 0 Å². The molecule has 0 bridgehead atoms. The molecule has 10 heavy (non-hydrogen) atoms. The van der Waals surface area contributed by atoms with Crippen LogP contribution >= 0.6 is 0 Å². The van der Waals surface area contributed by atoms with E-state index in [0.717, 1.165) is 0 Å². The fraction of sp³-hybridized carbons (Fsp3) is 0.778. The van der Waals surface area contributed by atoms with Gasteiger partial charge in [0.15, 0.2) is 0 Å². The van der Waals surface area contributed by atoms with Gasteiger partial charge in [0, 0.05) is 8.07 Å². The number of hydrogen-bond donors (Lipinski definition) is 0. The maximum absolute atomic E-state index is 3.78. The molecule has 60 valence electrons. The van der Waals surface area contributed by atoms with Gasteiger partial charge in [-0.1, -0.05) is 38.7 Å². The van der Waals surface area contributed by atoms with E-state index >= 15 is 0 Å². The molecule has 0 heterocycles. The van der Waals surface area contributed by atoms with E-state index in [0.29, 0.717) is 5.92 Å². The average Bonchev–Trinajstić information content (AvgIpc) is 1.81. The van der Waals surface area contributed by atoms with Gasteiger partial charge in [-0.05, 0) is 12.3 Å². The minimum absolute atomic E-state index is 0.715. The summed E-state index contributed by atoms with van der Waals surface area (Å²) in [6.07, 6.45) is 3.39. The third-order valence-corrected chi connectivity index (χ3v) is 3.54. The molecule has 0 aromatic carbocycles. The molecule has 0 aliphatic carbocycles. The molecule has 0 aromatic heterocycles. The summed E-state index contributed by atoms with van der Waals surface area (Å²) < 4.78 is 0. The van der Waals surface area contributed by atoms with Crippen molar-refractivity contribution in [3.63, 3.8) is 0 Å². The fourth-order valence-electron chi connectivity index (χ4n) is 0.779. The molecule has 0 aromatic rings. The quantitative estimate of drug-likeness (QED) is 0.431. The lowest BCUT2D eigenvalue weighted by Gasteiger charge is -2.16. The molecule has 0 aliphatic heterocycles. The van der Waals surface area contributed by atoms with Crippen LogP contribution in [-0.4, -0.2) is 8.07 Å². The second-order valence-corrected chi connectivity index (χ2v) is 9.93. The van der Waals surface area contributed by atoms with E-state index in [2.05, 4.69) is 39.2 Å². The van der Waals surface area contributed by atoms with Crippen LogP contribution in [0.1, 0.15) is 13.3 Å². The summed E-state index contributed by atoms with van der Waals surface area (Å²) >= 11 is 0. The lowest BCUT2D eigenvalue weighted by Crippen LogP contribution is -2.19. The molecule has 1 heteroatoms. The second-order valence-electron chi connectivity index (χ2n) is 4.31. The lowest BCUT2D eigenvalue weighted by atomic mass is 10.1. The van der Waals surface area contributed by atoms with Gasteiger partial charge < -0.3 is 0 Å². The van der Waals surface area contributed by atoms with Crippen LogP contribution in [-0.2, 0) is 0 Å². The van der Waals surface area contributed by atoms with Gasteiger partial charge in [0.05, 0.1) is 0 Å². The molecule has 0 fully saturated rings. The van der Waals surface area contributed by atoms with Crippen LogP contribution in [0.15, 0.2) is 12.7 Å². The Bertz CT molecular complexity index is 99.8. The summed E-state index contributed by atoms with van der Waals surface area (Å²) in [6, 6.07) is 1.43. The first-order chi connectivity index (χ1) is 4.45. The molecule has 0 amide bonds. The predicted molar refractivity (Wildman–Crippen MR) is 52.1 cm³/mol. The minimum Gasteiger partial charge on any atom is -0.103 e.